The highest BCUT2D eigenvalue weighted by Gasteiger charge is 2.54. The van der Waals surface area contributed by atoms with E-state index in [9.17, 15) is 0 Å². The smallest absolute Gasteiger partial charge is 0.171 e. The Kier molecular flexibility index (Phi) is 3.06. The molecule has 1 aromatic heterocycles. The molecule has 0 radical (unpaired) electrons. The van der Waals surface area contributed by atoms with Crippen LogP contribution in [0.5, 0.6) is 0 Å². The van der Waals surface area contributed by atoms with E-state index in [1.807, 2.05) is 26.1 Å². The molecule has 2 N–H and O–H groups in total. The summed E-state index contributed by atoms with van der Waals surface area (Å²) in [7, 11) is 1.83. The third kappa shape index (κ3) is 1.77. The van der Waals surface area contributed by atoms with Gasteiger partial charge in [0.2, 0.25) is 0 Å². The SMILES string of the molecule is Cn1nnnc1C(C)(N)C1(c2ccc(Cl)cc2)CCC1. The molecule has 0 amide bonds. The summed E-state index contributed by atoms with van der Waals surface area (Å²) in [5.74, 6) is 0.715. The summed E-state index contributed by atoms with van der Waals surface area (Å²) < 4.78 is 1.66. The number of aromatic nitrogens is 4. The largest absolute Gasteiger partial charge is 0.318 e. The van der Waals surface area contributed by atoms with Crippen LogP contribution in [0.1, 0.15) is 37.6 Å². The zero-order valence-electron chi connectivity index (χ0n) is 11.7. The van der Waals surface area contributed by atoms with Gasteiger partial charge in [0.15, 0.2) is 5.82 Å². The number of nitrogens with two attached hydrogens (primary N) is 1. The molecule has 1 aliphatic rings. The Hall–Kier alpha value is -1.46. The molecule has 1 aromatic carbocycles. The Morgan fingerprint density at radius 2 is 1.95 bits per heavy atom. The van der Waals surface area contributed by atoms with Gasteiger partial charge >= 0.3 is 0 Å². The quantitative estimate of drug-likeness (QED) is 0.941. The van der Waals surface area contributed by atoms with E-state index in [0.717, 1.165) is 17.9 Å². The molecule has 1 fully saturated rings. The van der Waals surface area contributed by atoms with Gasteiger partial charge in [0.1, 0.15) is 0 Å². The van der Waals surface area contributed by atoms with E-state index in [2.05, 4.69) is 27.7 Å². The first-order chi connectivity index (χ1) is 9.47. The van der Waals surface area contributed by atoms with Crippen molar-refractivity contribution in [1.29, 1.82) is 0 Å². The first kappa shape index (κ1) is 13.5. The van der Waals surface area contributed by atoms with Crippen LogP contribution in [-0.2, 0) is 18.0 Å². The van der Waals surface area contributed by atoms with Crippen LogP contribution in [0.4, 0.5) is 0 Å². The maximum atomic E-state index is 6.70. The minimum absolute atomic E-state index is 0.125. The zero-order chi connectivity index (χ0) is 14.4. The van der Waals surface area contributed by atoms with Crippen LogP contribution in [0.15, 0.2) is 24.3 Å². The average molecular weight is 292 g/mol. The maximum absolute atomic E-state index is 6.70. The third-order valence-electron chi connectivity index (χ3n) is 4.68. The number of halogens is 1. The first-order valence-corrected chi connectivity index (χ1v) is 7.13. The number of aryl methyl sites for hydroxylation is 1. The van der Waals surface area contributed by atoms with Gasteiger partial charge in [0.25, 0.3) is 0 Å². The van der Waals surface area contributed by atoms with Crippen molar-refractivity contribution in [3.63, 3.8) is 0 Å². The molecule has 3 rings (SSSR count). The molecule has 1 atom stereocenters. The van der Waals surface area contributed by atoms with Gasteiger partial charge < -0.3 is 5.73 Å². The minimum atomic E-state index is -0.614. The van der Waals surface area contributed by atoms with Crippen molar-refractivity contribution in [2.75, 3.05) is 0 Å². The van der Waals surface area contributed by atoms with Crippen LogP contribution >= 0.6 is 11.6 Å². The van der Waals surface area contributed by atoms with Crippen molar-refractivity contribution in [2.45, 2.75) is 37.1 Å². The number of rotatable bonds is 3. The van der Waals surface area contributed by atoms with Crippen molar-refractivity contribution >= 4 is 11.6 Å². The van der Waals surface area contributed by atoms with Crippen molar-refractivity contribution in [3.05, 3.63) is 40.7 Å². The molecular weight excluding hydrogens is 274 g/mol. The summed E-state index contributed by atoms with van der Waals surface area (Å²) >= 11 is 5.99. The highest BCUT2D eigenvalue weighted by molar-refractivity contribution is 6.30. The van der Waals surface area contributed by atoms with Crippen LogP contribution in [0.3, 0.4) is 0 Å². The van der Waals surface area contributed by atoms with Gasteiger partial charge in [0, 0.05) is 17.5 Å². The maximum Gasteiger partial charge on any atom is 0.171 e. The fourth-order valence-electron chi connectivity index (χ4n) is 3.29. The van der Waals surface area contributed by atoms with Crippen molar-refractivity contribution in [3.8, 4) is 0 Å². The number of nitrogens with zero attached hydrogens (tertiary/aromatic N) is 4. The second kappa shape index (κ2) is 4.53. The predicted molar refractivity (Wildman–Crippen MR) is 77.3 cm³/mol. The van der Waals surface area contributed by atoms with Crippen molar-refractivity contribution < 1.29 is 0 Å². The fraction of sp³-hybridized carbons (Fsp3) is 0.500. The van der Waals surface area contributed by atoms with E-state index in [0.29, 0.717) is 5.82 Å². The zero-order valence-corrected chi connectivity index (χ0v) is 12.4. The molecule has 106 valence electrons. The Morgan fingerprint density at radius 1 is 1.30 bits per heavy atom. The lowest BCUT2D eigenvalue weighted by molar-refractivity contribution is 0.113. The topological polar surface area (TPSA) is 69.6 Å². The molecule has 0 saturated heterocycles. The van der Waals surface area contributed by atoms with Crippen LogP contribution in [0.2, 0.25) is 5.02 Å². The lowest BCUT2D eigenvalue weighted by atomic mass is 9.54. The Labute approximate surface area is 123 Å². The molecule has 2 aromatic rings. The monoisotopic (exact) mass is 291 g/mol. The Morgan fingerprint density at radius 3 is 2.40 bits per heavy atom. The van der Waals surface area contributed by atoms with E-state index in [1.165, 1.54) is 12.0 Å². The molecule has 1 unspecified atom stereocenters. The Bertz CT molecular complexity index is 613. The summed E-state index contributed by atoms with van der Waals surface area (Å²) in [6, 6.07) is 7.97. The summed E-state index contributed by atoms with van der Waals surface area (Å²) in [4.78, 5) is 0. The normalized spacial score (nSPS) is 20.2. The molecule has 0 aliphatic heterocycles. The van der Waals surface area contributed by atoms with E-state index in [1.54, 1.807) is 4.68 Å². The highest BCUT2D eigenvalue weighted by atomic mass is 35.5. The van der Waals surface area contributed by atoms with Gasteiger partial charge in [-0.3, -0.25) is 0 Å². The minimum Gasteiger partial charge on any atom is -0.318 e. The van der Waals surface area contributed by atoms with E-state index >= 15 is 0 Å². The van der Waals surface area contributed by atoms with E-state index < -0.39 is 5.54 Å². The number of benzene rings is 1. The van der Waals surface area contributed by atoms with Crippen LogP contribution in [0.25, 0.3) is 0 Å². The molecule has 20 heavy (non-hydrogen) atoms. The lowest BCUT2D eigenvalue weighted by Crippen LogP contribution is -2.58. The number of tetrazole rings is 1. The fourth-order valence-corrected chi connectivity index (χ4v) is 3.42. The molecular formula is C14H18ClN5. The van der Waals surface area contributed by atoms with Gasteiger partial charge in [-0.25, -0.2) is 4.68 Å². The van der Waals surface area contributed by atoms with Crippen LogP contribution in [0, 0.1) is 0 Å². The van der Waals surface area contributed by atoms with Gasteiger partial charge in [-0.2, -0.15) is 0 Å². The standard InChI is InChI=1S/C14H18ClN5/c1-13(16,12-17-18-19-20(12)2)14(8-3-9-14)10-4-6-11(15)7-5-10/h4-7H,3,8-9,16H2,1-2H3. The van der Waals surface area contributed by atoms with E-state index in [-0.39, 0.29) is 5.41 Å². The summed E-state index contributed by atoms with van der Waals surface area (Å²) in [6.07, 6.45) is 3.24. The molecule has 1 saturated carbocycles. The van der Waals surface area contributed by atoms with Gasteiger partial charge in [-0.15, -0.1) is 5.10 Å². The van der Waals surface area contributed by atoms with Gasteiger partial charge in [-0.1, -0.05) is 30.2 Å². The van der Waals surface area contributed by atoms with Crippen molar-refractivity contribution in [2.24, 2.45) is 12.8 Å². The number of hydrogen-bond acceptors (Lipinski definition) is 4. The van der Waals surface area contributed by atoms with E-state index in [4.69, 9.17) is 17.3 Å². The number of hydrogen-bond donors (Lipinski definition) is 1. The molecule has 6 heteroatoms. The molecule has 0 spiro atoms. The summed E-state index contributed by atoms with van der Waals surface area (Å²) in [6.45, 7) is 2.02. The van der Waals surface area contributed by atoms with Gasteiger partial charge in [0.05, 0.1) is 5.54 Å². The molecule has 1 heterocycles. The second-order valence-corrected chi connectivity index (χ2v) is 6.21. The lowest BCUT2D eigenvalue weighted by Gasteiger charge is -2.52. The third-order valence-corrected chi connectivity index (χ3v) is 4.93. The molecule has 0 bridgehead atoms. The van der Waals surface area contributed by atoms with Crippen LogP contribution in [-0.4, -0.2) is 20.2 Å². The highest BCUT2D eigenvalue weighted by Crippen LogP contribution is 2.53. The predicted octanol–water partition coefficient (Wildman–Crippen LogP) is 2.16. The van der Waals surface area contributed by atoms with Crippen LogP contribution < -0.4 is 5.73 Å². The Balaban J connectivity index is 2.09. The summed E-state index contributed by atoms with van der Waals surface area (Å²) in [5.41, 5.74) is 7.17. The van der Waals surface area contributed by atoms with Gasteiger partial charge in [-0.05, 0) is 47.9 Å². The molecule has 5 nitrogen and oxygen atoms in total. The molecule has 1 aliphatic carbocycles. The first-order valence-electron chi connectivity index (χ1n) is 6.75. The van der Waals surface area contributed by atoms with Crippen molar-refractivity contribution in [1.82, 2.24) is 20.2 Å². The second-order valence-electron chi connectivity index (χ2n) is 5.77. The summed E-state index contributed by atoms with van der Waals surface area (Å²) in [5, 5.41) is 12.5. The average Bonchev–Trinajstić information content (AvgIpc) is 2.77.